The fourth-order valence-electron chi connectivity index (χ4n) is 0.301. The average molecular weight is 426 g/mol. The van der Waals surface area contributed by atoms with Crippen molar-refractivity contribution in [3.8, 4) is 0 Å². The van der Waals surface area contributed by atoms with Crippen LogP contribution in [0.4, 0.5) is 34.7 Å². The normalized spacial score (nSPS) is 17.6. The maximum Gasteiger partial charge on any atom is 2.00 e. The molecule has 2 unspecified atom stereocenters. The summed E-state index contributed by atoms with van der Waals surface area (Å²) in [6, 6.07) is 0. The smallest absolute Gasteiger partial charge is 0.753 e. The minimum atomic E-state index is -5.73. The molecular formula is C4H4CuF8O6P2. The van der Waals surface area contributed by atoms with Crippen LogP contribution in [-0.2, 0) is 35.2 Å². The summed E-state index contributed by atoms with van der Waals surface area (Å²) in [6.07, 6.45) is -9.65. The van der Waals surface area contributed by atoms with E-state index >= 15 is 0 Å². The van der Waals surface area contributed by atoms with E-state index in [1.807, 2.05) is 0 Å². The van der Waals surface area contributed by atoms with E-state index < -0.39 is 41.4 Å². The van der Waals surface area contributed by atoms with Gasteiger partial charge in [0.2, 0.25) is 0 Å². The van der Waals surface area contributed by atoms with Gasteiger partial charge in [-0.2, -0.15) is 34.7 Å². The molecule has 0 aromatic carbocycles. The molecule has 1 radical (unpaired) electrons. The Labute approximate surface area is 122 Å². The molecule has 17 heteroatoms. The van der Waals surface area contributed by atoms with Crippen LogP contribution in [0.15, 0.2) is 0 Å². The van der Waals surface area contributed by atoms with Crippen LogP contribution in [0.2, 0.25) is 0 Å². The molecule has 133 valence electrons. The molecule has 0 aromatic rings. The number of halogens is 8. The van der Waals surface area contributed by atoms with Gasteiger partial charge < -0.3 is 18.8 Å². The van der Waals surface area contributed by atoms with Gasteiger partial charge in [0.05, 0.1) is 0 Å². The first-order valence-corrected chi connectivity index (χ1v) is 6.72. The number of alkyl halides is 6. The minimum absolute atomic E-state index is 0. The summed E-state index contributed by atoms with van der Waals surface area (Å²) < 4.78 is 113. The maximum atomic E-state index is 11.2. The molecule has 0 heterocycles. The molecule has 0 spiro atoms. The summed E-state index contributed by atoms with van der Waals surface area (Å²) in [5.41, 5.74) is 0. The van der Waals surface area contributed by atoms with Gasteiger partial charge in [0.25, 0.3) is 0 Å². The SMILES string of the molecule is O=P([O-])(F)OCC(F)(F)F.O=P([O-])(F)OCC(F)(F)F.[Cu+2]. The van der Waals surface area contributed by atoms with E-state index in [0.29, 0.717) is 0 Å². The van der Waals surface area contributed by atoms with Gasteiger partial charge in [0.1, 0.15) is 0 Å². The van der Waals surface area contributed by atoms with Crippen molar-refractivity contribution in [1.82, 2.24) is 0 Å². The van der Waals surface area contributed by atoms with Gasteiger partial charge in [-0.05, 0) is 0 Å². The van der Waals surface area contributed by atoms with Gasteiger partial charge in [0.15, 0.2) is 13.2 Å². The van der Waals surface area contributed by atoms with E-state index in [2.05, 4.69) is 9.05 Å². The quantitative estimate of drug-likeness (QED) is 0.388. The van der Waals surface area contributed by atoms with Crippen molar-refractivity contribution in [2.24, 2.45) is 0 Å². The second-order valence-electron chi connectivity index (χ2n) is 2.64. The zero-order chi connectivity index (χ0) is 16.8. The van der Waals surface area contributed by atoms with Crippen molar-refractivity contribution in [2.45, 2.75) is 12.4 Å². The van der Waals surface area contributed by atoms with E-state index in [1.54, 1.807) is 0 Å². The monoisotopic (exact) mass is 425 g/mol. The summed E-state index contributed by atoms with van der Waals surface area (Å²) in [7, 11) is -11.5. The molecular weight excluding hydrogens is 422 g/mol. The summed E-state index contributed by atoms with van der Waals surface area (Å²) in [5.74, 6) is 0. The first-order valence-electron chi connectivity index (χ1n) is 3.85. The third-order valence-corrected chi connectivity index (χ3v) is 1.64. The molecule has 6 nitrogen and oxygen atoms in total. The number of hydrogen-bond acceptors (Lipinski definition) is 6. The zero-order valence-electron chi connectivity index (χ0n) is 9.08. The van der Waals surface area contributed by atoms with Gasteiger partial charge in [-0.1, -0.05) is 0 Å². The third kappa shape index (κ3) is 33.2. The first kappa shape index (κ1) is 26.2. The van der Waals surface area contributed by atoms with E-state index in [1.165, 1.54) is 0 Å². The van der Waals surface area contributed by atoms with Crippen LogP contribution in [0.5, 0.6) is 0 Å². The Kier molecular flexibility index (Phi) is 11.7. The van der Waals surface area contributed by atoms with Crippen molar-refractivity contribution in [3.63, 3.8) is 0 Å². The second-order valence-corrected chi connectivity index (χ2v) is 4.88. The van der Waals surface area contributed by atoms with Gasteiger partial charge in [0, 0.05) is 0 Å². The Morgan fingerprint density at radius 2 is 0.952 bits per heavy atom. The number of rotatable bonds is 4. The molecule has 0 aliphatic rings. The van der Waals surface area contributed by atoms with E-state index in [-0.39, 0.29) is 17.1 Å². The second kappa shape index (κ2) is 9.41. The standard InChI is InChI=1S/2C2H3F4O3P.Cu/c2*3-2(4,5)1-9-10(6,7)8;/h2*1H2,(H,7,8);/q;;+2/p-2. The molecule has 21 heavy (non-hydrogen) atoms. The maximum absolute atomic E-state index is 11.2. The average Bonchev–Trinajstić information content (AvgIpc) is 2.09. The van der Waals surface area contributed by atoms with Gasteiger partial charge in [-0.3, -0.25) is 9.13 Å². The van der Waals surface area contributed by atoms with E-state index in [0.717, 1.165) is 0 Å². The predicted octanol–water partition coefficient (Wildman–Crippen LogP) is 2.00. The Morgan fingerprint density at radius 3 is 1.00 bits per heavy atom. The fraction of sp³-hybridized carbons (Fsp3) is 1.00. The largest absolute Gasteiger partial charge is 2.00 e. The van der Waals surface area contributed by atoms with Crippen LogP contribution >= 0.6 is 15.8 Å². The molecule has 0 N–H and O–H groups in total. The molecule has 0 bridgehead atoms. The van der Waals surface area contributed by atoms with Crippen molar-refractivity contribution >= 4 is 15.8 Å². The van der Waals surface area contributed by atoms with Crippen LogP contribution < -0.4 is 9.79 Å². The predicted molar refractivity (Wildman–Crippen MR) is 41.4 cm³/mol. The minimum Gasteiger partial charge on any atom is -0.753 e. The van der Waals surface area contributed by atoms with Crippen molar-refractivity contribution in [3.05, 3.63) is 0 Å². The molecule has 0 rings (SSSR count). The Morgan fingerprint density at radius 1 is 0.762 bits per heavy atom. The van der Waals surface area contributed by atoms with Crippen LogP contribution in [-0.4, -0.2) is 25.6 Å². The van der Waals surface area contributed by atoms with Crippen LogP contribution in [0.1, 0.15) is 0 Å². The Balaban J connectivity index is -0.000000295. The molecule has 0 aromatic heterocycles. The summed E-state index contributed by atoms with van der Waals surface area (Å²) in [6.45, 7) is -4.24. The topological polar surface area (TPSA) is 98.7 Å². The zero-order valence-corrected chi connectivity index (χ0v) is 11.8. The van der Waals surface area contributed by atoms with Crippen molar-refractivity contribution in [2.75, 3.05) is 13.2 Å². The first-order chi connectivity index (χ1) is 8.41. The van der Waals surface area contributed by atoms with E-state index in [4.69, 9.17) is 0 Å². The molecule has 0 aliphatic heterocycles. The van der Waals surface area contributed by atoms with E-state index in [9.17, 15) is 53.7 Å². The van der Waals surface area contributed by atoms with Crippen LogP contribution in [0.3, 0.4) is 0 Å². The van der Waals surface area contributed by atoms with Gasteiger partial charge >= 0.3 is 45.2 Å². The summed E-state index contributed by atoms with van der Waals surface area (Å²) in [5, 5.41) is 0. The fourth-order valence-corrected chi connectivity index (χ4v) is 0.902. The van der Waals surface area contributed by atoms with Crippen molar-refractivity contribution < 1.29 is 79.8 Å². The molecule has 0 saturated heterocycles. The van der Waals surface area contributed by atoms with Gasteiger partial charge in [-0.15, -0.1) is 0 Å². The van der Waals surface area contributed by atoms with Crippen molar-refractivity contribution in [1.29, 1.82) is 0 Å². The Bertz CT molecular complexity index is 336. The third-order valence-electron chi connectivity index (χ3n) is 0.765. The summed E-state index contributed by atoms with van der Waals surface area (Å²) >= 11 is 0. The molecule has 0 fully saturated rings. The molecule has 0 amide bonds. The molecule has 2 atom stereocenters. The van der Waals surface area contributed by atoms with Crippen LogP contribution in [0.25, 0.3) is 0 Å². The molecule has 0 saturated carbocycles. The van der Waals surface area contributed by atoms with Crippen LogP contribution in [0, 0.1) is 0 Å². The number of hydrogen-bond donors (Lipinski definition) is 0. The van der Waals surface area contributed by atoms with Gasteiger partial charge in [-0.25, -0.2) is 0 Å². The summed E-state index contributed by atoms with van der Waals surface area (Å²) in [4.78, 5) is 18.6. The Hall–Kier alpha value is 0.259. The molecule has 0 aliphatic carbocycles.